The van der Waals surface area contributed by atoms with Crippen LogP contribution in [0.5, 0.6) is 0 Å². The van der Waals surface area contributed by atoms with Crippen LogP contribution in [0, 0.1) is 0 Å². The lowest BCUT2D eigenvalue weighted by molar-refractivity contribution is -0.510. The minimum Gasteiger partial charge on any atom is -0.394 e. The highest BCUT2D eigenvalue weighted by atomic mass is 16.8. The van der Waals surface area contributed by atoms with E-state index < -0.39 is 123 Å². The number of hydrogen-bond acceptors (Lipinski definition) is 21. The average molecular weight is 610 g/mol. The predicted octanol–water partition coefficient (Wildman–Crippen LogP) is -11.0. The van der Waals surface area contributed by atoms with Gasteiger partial charge >= 0.3 is 5.97 Å². The summed E-state index contributed by atoms with van der Waals surface area (Å²) in [4.78, 5) is 0. The fraction of sp³-hybridized carbons (Fsp3) is 1.00. The van der Waals surface area contributed by atoms with E-state index in [1.807, 2.05) is 0 Å². The average Bonchev–Trinajstić information content (AvgIpc) is 2.91. The topological polar surface area (TPSA) is 387 Å². The van der Waals surface area contributed by atoms with E-state index in [4.69, 9.17) is 40.9 Å². The van der Waals surface area contributed by atoms with Gasteiger partial charge in [-0.2, -0.15) is 0 Å². The van der Waals surface area contributed by atoms with Crippen molar-refractivity contribution in [2.75, 3.05) is 19.8 Å². The van der Waals surface area contributed by atoms with Gasteiger partial charge in [0.05, 0.1) is 37.9 Å². The normalized spacial score (nSPS) is 48.3. The third kappa shape index (κ3) is 5.97. The van der Waals surface area contributed by atoms with Crippen LogP contribution in [0.1, 0.15) is 0 Å². The zero-order chi connectivity index (χ0) is 31.2. The van der Waals surface area contributed by atoms with Crippen molar-refractivity contribution in [2.24, 2.45) is 17.2 Å². The van der Waals surface area contributed by atoms with Gasteiger partial charge in [-0.3, -0.25) is 0 Å². The predicted molar refractivity (Wildman–Crippen MR) is 123 cm³/mol. The minimum absolute atomic E-state index is 0.753. The monoisotopic (exact) mass is 609 g/mol. The Hall–Kier alpha value is -0.840. The summed E-state index contributed by atoms with van der Waals surface area (Å²) >= 11 is 0. The second kappa shape index (κ2) is 12.6. The second-order valence-corrected chi connectivity index (χ2v) is 10.2. The SMILES string of the molecule is N[C@H]1[C@@H](OC2[C@@H](CO)O[C@@H](OC3[C@@H](CO)O[C@@H](O)[C@H](N)[C@H]3O)[C@H](N)[C@H]2O)O[C@@](CO)(C(O)(O)C(O)(O)O)[C@@H](O)[C@@H]1O. The van der Waals surface area contributed by atoms with Gasteiger partial charge in [0.25, 0.3) is 5.79 Å². The van der Waals surface area contributed by atoms with Crippen LogP contribution in [0.15, 0.2) is 0 Å². The molecule has 3 saturated heterocycles. The maximum atomic E-state index is 10.9. The summed E-state index contributed by atoms with van der Waals surface area (Å²) in [7, 11) is 0. The summed E-state index contributed by atoms with van der Waals surface area (Å²) in [6, 6.07) is -4.77. The Balaban J connectivity index is 1.84. The number of aliphatic hydroxyl groups is 13. The Morgan fingerprint density at radius 2 is 1.12 bits per heavy atom. The molecule has 0 bridgehead atoms. The zero-order valence-electron chi connectivity index (χ0n) is 21.3. The van der Waals surface area contributed by atoms with Crippen molar-refractivity contribution in [3.8, 4) is 0 Å². The molecule has 0 amide bonds. The van der Waals surface area contributed by atoms with E-state index in [-0.39, 0.29) is 0 Å². The van der Waals surface area contributed by atoms with Crippen LogP contribution in [0.4, 0.5) is 0 Å². The van der Waals surface area contributed by atoms with Crippen molar-refractivity contribution in [3.05, 3.63) is 0 Å². The highest BCUT2D eigenvalue weighted by molar-refractivity contribution is 5.10. The number of hydrogen-bond donors (Lipinski definition) is 16. The highest BCUT2D eigenvalue weighted by Gasteiger charge is 2.71. The van der Waals surface area contributed by atoms with Crippen LogP contribution in [-0.4, -0.2) is 189 Å². The van der Waals surface area contributed by atoms with Crippen molar-refractivity contribution < 1.29 is 90.1 Å². The third-order valence-corrected chi connectivity index (χ3v) is 7.53. The fourth-order valence-corrected chi connectivity index (χ4v) is 4.89. The van der Waals surface area contributed by atoms with E-state index in [0.717, 1.165) is 0 Å². The van der Waals surface area contributed by atoms with Gasteiger partial charge in [0.1, 0.15) is 48.8 Å². The van der Waals surface area contributed by atoms with E-state index in [1.165, 1.54) is 0 Å². The molecule has 0 aromatic rings. The summed E-state index contributed by atoms with van der Waals surface area (Å²) in [6.07, 6.45) is -19.9. The van der Waals surface area contributed by atoms with Crippen LogP contribution in [-0.2, 0) is 23.7 Å². The van der Waals surface area contributed by atoms with Gasteiger partial charge in [-0.1, -0.05) is 0 Å². The van der Waals surface area contributed by atoms with E-state index in [0.29, 0.717) is 0 Å². The lowest BCUT2D eigenvalue weighted by Gasteiger charge is -2.55. The summed E-state index contributed by atoms with van der Waals surface area (Å²) in [5.74, 6) is -8.75. The molecule has 0 aromatic carbocycles. The lowest BCUT2D eigenvalue weighted by Crippen LogP contribution is -2.81. The van der Waals surface area contributed by atoms with E-state index in [2.05, 4.69) is 0 Å². The smallest absolute Gasteiger partial charge is 0.336 e. The molecule has 15 atom stereocenters. The number of nitrogens with two attached hydrogens (primary N) is 3. The first kappa shape index (κ1) is 34.6. The number of ether oxygens (including phenoxy) is 5. The van der Waals surface area contributed by atoms with Crippen LogP contribution in [0.2, 0.25) is 0 Å². The largest absolute Gasteiger partial charge is 0.394 e. The van der Waals surface area contributed by atoms with Crippen molar-refractivity contribution in [3.63, 3.8) is 0 Å². The standard InChI is InChI=1S/C20H39N3O18/c21-6-9(27)12(4(1-24)37-15(6)31)39-16-7(22)10(28)13(5(2-25)38-16)40-17-8(23)11(29)14(30)18(3-26,41-17)19(32,33)20(34,35)36/h4-17,24-36H,1-3,21-23H2/t4-,5-,6-,7-,8-,9-,10-,11-,12?,13?,14+,15-,16+,17+,18-/m1/s1. The Bertz CT molecular complexity index is 864. The Kier molecular flexibility index (Phi) is 10.7. The van der Waals surface area contributed by atoms with Crippen LogP contribution in [0.25, 0.3) is 0 Å². The maximum absolute atomic E-state index is 10.9. The first-order chi connectivity index (χ1) is 18.9. The molecule has 41 heavy (non-hydrogen) atoms. The first-order valence-electron chi connectivity index (χ1n) is 12.3. The summed E-state index contributed by atoms with van der Waals surface area (Å²) in [5.41, 5.74) is 14.1. The molecular weight excluding hydrogens is 570 g/mol. The van der Waals surface area contributed by atoms with E-state index >= 15 is 0 Å². The van der Waals surface area contributed by atoms with Crippen LogP contribution < -0.4 is 17.2 Å². The molecule has 21 heteroatoms. The van der Waals surface area contributed by atoms with Gasteiger partial charge in [0.2, 0.25) is 0 Å². The van der Waals surface area contributed by atoms with Gasteiger partial charge in [-0.05, 0) is 0 Å². The first-order valence-corrected chi connectivity index (χ1v) is 12.3. The van der Waals surface area contributed by atoms with Crippen molar-refractivity contribution in [2.45, 2.75) is 103 Å². The Morgan fingerprint density at radius 3 is 1.61 bits per heavy atom. The van der Waals surface area contributed by atoms with Gasteiger partial charge in [0.15, 0.2) is 24.5 Å². The minimum atomic E-state index is -4.45. The number of rotatable bonds is 9. The van der Waals surface area contributed by atoms with Gasteiger partial charge < -0.3 is 107 Å². The molecule has 21 nitrogen and oxygen atoms in total. The molecule has 0 spiro atoms. The molecule has 3 fully saturated rings. The van der Waals surface area contributed by atoms with Gasteiger partial charge in [-0.15, -0.1) is 0 Å². The molecule has 2 unspecified atom stereocenters. The summed E-state index contributed by atoms with van der Waals surface area (Å²) in [6.45, 7) is -3.38. The van der Waals surface area contributed by atoms with Crippen LogP contribution >= 0.6 is 0 Å². The molecule has 3 heterocycles. The second-order valence-electron chi connectivity index (χ2n) is 10.2. The van der Waals surface area contributed by atoms with E-state index in [1.54, 1.807) is 0 Å². The molecule has 0 aliphatic carbocycles. The van der Waals surface area contributed by atoms with Crippen LogP contribution in [0.3, 0.4) is 0 Å². The summed E-state index contributed by atoms with van der Waals surface area (Å²) in [5, 5.41) is 130. The molecule has 0 aromatic heterocycles. The highest BCUT2D eigenvalue weighted by Crippen LogP contribution is 2.41. The molecule has 242 valence electrons. The van der Waals surface area contributed by atoms with Gasteiger partial charge in [-0.25, -0.2) is 0 Å². The van der Waals surface area contributed by atoms with Gasteiger partial charge in [0, 0.05) is 0 Å². The molecule has 19 N–H and O–H groups in total. The number of aliphatic hydroxyl groups excluding tert-OH is 8. The van der Waals surface area contributed by atoms with Crippen molar-refractivity contribution in [1.82, 2.24) is 0 Å². The zero-order valence-corrected chi connectivity index (χ0v) is 21.3. The quantitative estimate of drug-likeness (QED) is 0.108. The lowest BCUT2D eigenvalue weighted by atomic mass is 9.78. The Labute approximate surface area is 231 Å². The van der Waals surface area contributed by atoms with Crippen molar-refractivity contribution in [1.29, 1.82) is 0 Å². The van der Waals surface area contributed by atoms with E-state index in [9.17, 15) is 66.4 Å². The fourth-order valence-electron chi connectivity index (χ4n) is 4.89. The molecule has 0 radical (unpaired) electrons. The maximum Gasteiger partial charge on any atom is 0.336 e. The third-order valence-electron chi connectivity index (χ3n) is 7.53. The molecule has 3 aliphatic heterocycles. The summed E-state index contributed by atoms with van der Waals surface area (Å²) < 4.78 is 26.9. The molecule has 3 aliphatic rings. The molecule has 0 saturated carbocycles. The Morgan fingerprint density at radius 1 is 0.659 bits per heavy atom. The van der Waals surface area contributed by atoms with Crippen molar-refractivity contribution >= 4 is 0 Å². The molecular formula is C20H39N3O18. The molecule has 3 rings (SSSR count).